The Bertz CT molecular complexity index is 1350. The summed E-state index contributed by atoms with van der Waals surface area (Å²) in [5, 5.41) is 11.1. The Hall–Kier alpha value is -2.99. The smallest absolute Gasteiger partial charge is 0.289 e. The van der Waals surface area contributed by atoms with Gasteiger partial charge in [0.15, 0.2) is 9.84 Å². The zero-order valence-electron chi connectivity index (χ0n) is 25.4. The third-order valence-electron chi connectivity index (χ3n) is 7.69. The summed E-state index contributed by atoms with van der Waals surface area (Å²) in [7, 11) is -3.46. The predicted octanol–water partition coefficient (Wildman–Crippen LogP) is 2.41. The number of hydrogen-bond donors (Lipinski definition) is 4. The summed E-state index contributed by atoms with van der Waals surface area (Å²) in [5.74, 6) is -3.77. The highest BCUT2D eigenvalue weighted by Gasteiger charge is 2.37. The number of benzene rings is 1. The number of carbonyl (C=O) groups excluding carboxylic acids is 5. The van der Waals surface area contributed by atoms with E-state index in [2.05, 4.69) is 21.3 Å². The van der Waals surface area contributed by atoms with E-state index in [0.717, 1.165) is 19.1 Å². The third-order valence-corrected chi connectivity index (χ3v) is 9.12. The molecule has 2 aliphatic rings. The van der Waals surface area contributed by atoms with Gasteiger partial charge < -0.3 is 21.3 Å². The van der Waals surface area contributed by atoms with E-state index in [1.165, 1.54) is 12.1 Å². The Morgan fingerprint density at radius 1 is 1.07 bits per heavy atom. The minimum absolute atomic E-state index is 0.0171. The van der Waals surface area contributed by atoms with Crippen molar-refractivity contribution < 1.29 is 32.4 Å². The molecule has 3 rings (SSSR count). The standard InChI is InChI=1S/C30H43ClN4O7S/c1-6-17(21-10-9-20(15-22(21)31)43(5,41)42)14-25(36)34-24(16-30(2,3)4)28(39)35-23(13-18-11-12-32-27(18)38)26(37)29(40)33-19-7-8-19/h9-10,15,17-19,23-24H,6-8,11-14,16H2,1-5H3,(H,32,38)(H,33,40)(H,34,36)(H,35,39)/t17?,18-,23?,24?/m0/s1. The Morgan fingerprint density at radius 2 is 1.74 bits per heavy atom. The molecule has 0 spiro atoms. The summed E-state index contributed by atoms with van der Waals surface area (Å²) >= 11 is 6.41. The average molecular weight is 639 g/mol. The van der Waals surface area contributed by atoms with Crippen molar-refractivity contribution in [3.8, 4) is 0 Å². The molecule has 1 saturated carbocycles. The van der Waals surface area contributed by atoms with Gasteiger partial charge in [0.25, 0.3) is 5.91 Å². The summed E-state index contributed by atoms with van der Waals surface area (Å²) in [6.07, 6.45) is 3.86. The second kappa shape index (κ2) is 14.2. The molecule has 3 unspecified atom stereocenters. The van der Waals surface area contributed by atoms with Crippen molar-refractivity contribution in [2.75, 3.05) is 12.8 Å². The second-order valence-corrected chi connectivity index (χ2v) is 15.3. The maximum absolute atomic E-state index is 13.6. The highest BCUT2D eigenvalue weighted by molar-refractivity contribution is 7.90. The molecule has 0 radical (unpaired) electrons. The van der Waals surface area contributed by atoms with Gasteiger partial charge >= 0.3 is 0 Å². The molecule has 4 atom stereocenters. The molecule has 11 nitrogen and oxygen atoms in total. The SMILES string of the molecule is CCC(CC(=O)NC(CC(C)(C)C)C(=O)NC(C[C@@H]1CCNC1=O)C(=O)C(=O)NC1CC1)c1ccc(S(C)(=O)=O)cc1Cl. The van der Waals surface area contributed by atoms with E-state index < -0.39 is 56.8 Å². The first-order chi connectivity index (χ1) is 20.0. The van der Waals surface area contributed by atoms with Crippen molar-refractivity contribution in [1.29, 1.82) is 0 Å². The zero-order chi connectivity index (χ0) is 32.1. The van der Waals surface area contributed by atoms with Gasteiger partial charge in [-0.1, -0.05) is 45.4 Å². The molecule has 2 fully saturated rings. The highest BCUT2D eigenvalue weighted by Crippen LogP contribution is 2.32. The number of carbonyl (C=O) groups is 5. The van der Waals surface area contributed by atoms with Crippen LogP contribution in [0.2, 0.25) is 5.02 Å². The molecule has 238 valence electrons. The lowest BCUT2D eigenvalue weighted by Crippen LogP contribution is -2.55. The molecular weight excluding hydrogens is 596 g/mol. The van der Waals surface area contributed by atoms with Crippen LogP contribution >= 0.6 is 11.6 Å². The van der Waals surface area contributed by atoms with E-state index in [0.29, 0.717) is 24.9 Å². The fourth-order valence-corrected chi connectivity index (χ4v) is 6.19. The summed E-state index contributed by atoms with van der Waals surface area (Å²) in [6.45, 7) is 8.05. The third kappa shape index (κ3) is 10.3. The van der Waals surface area contributed by atoms with Crippen molar-refractivity contribution >= 4 is 50.9 Å². The first-order valence-corrected chi connectivity index (χ1v) is 17.0. The molecule has 0 aromatic heterocycles. The van der Waals surface area contributed by atoms with Gasteiger partial charge in [0.05, 0.1) is 10.9 Å². The largest absolute Gasteiger partial charge is 0.356 e. The fraction of sp³-hybridized carbons (Fsp3) is 0.633. The second-order valence-electron chi connectivity index (χ2n) is 12.8. The molecule has 1 aliphatic carbocycles. The van der Waals surface area contributed by atoms with Crippen LogP contribution < -0.4 is 21.3 Å². The molecule has 1 aliphatic heterocycles. The minimum Gasteiger partial charge on any atom is -0.356 e. The van der Waals surface area contributed by atoms with Gasteiger partial charge in [-0.15, -0.1) is 0 Å². The van der Waals surface area contributed by atoms with Crippen LogP contribution in [0, 0.1) is 11.3 Å². The van der Waals surface area contributed by atoms with Crippen LogP contribution in [0.5, 0.6) is 0 Å². The van der Waals surface area contributed by atoms with Gasteiger partial charge in [0.2, 0.25) is 23.5 Å². The Labute approximate surface area is 258 Å². The lowest BCUT2D eigenvalue weighted by Gasteiger charge is -2.29. The number of amides is 4. The number of sulfone groups is 1. The molecular formula is C30H43ClN4O7S. The van der Waals surface area contributed by atoms with E-state index in [1.807, 2.05) is 27.7 Å². The molecule has 1 heterocycles. The number of hydrogen-bond acceptors (Lipinski definition) is 7. The van der Waals surface area contributed by atoms with Crippen LogP contribution in [-0.4, -0.2) is 68.8 Å². The van der Waals surface area contributed by atoms with Gasteiger partial charge in [0, 0.05) is 36.2 Å². The van der Waals surface area contributed by atoms with Crippen LogP contribution in [0.15, 0.2) is 23.1 Å². The van der Waals surface area contributed by atoms with Crippen molar-refractivity contribution in [2.24, 2.45) is 11.3 Å². The Balaban J connectivity index is 1.76. The number of ketones is 1. The molecule has 0 bridgehead atoms. The normalized spacial score (nSPS) is 19.1. The van der Waals surface area contributed by atoms with Crippen LogP contribution in [-0.2, 0) is 33.8 Å². The molecule has 1 aromatic rings. The molecule has 43 heavy (non-hydrogen) atoms. The lowest BCUT2D eigenvalue weighted by atomic mass is 9.87. The first kappa shape index (κ1) is 34.5. The van der Waals surface area contributed by atoms with Crippen LogP contribution in [0.4, 0.5) is 0 Å². The number of nitrogens with one attached hydrogen (secondary N) is 4. The van der Waals surface area contributed by atoms with E-state index in [4.69, 9.17) is 11.6 Å². The predicted molar refractivity (Wildman–Crippen MR) is 162 cm³/mol. The fourth-order valence-electron chi connectivity index (χ4n) is 5.14. The van der Waals surface area contributed by atoms with Crippen LogP contribution in [0.1, 0.15) is 84.1 Å². The highest BCUT2D eigenvalue weighted by atomic mass is 35.5. The van der Waals surface area contributed by atoms with Gasteiger partial charge in [0.1, 0.15) is 6.04 Å². The van der Waals surface area contributed by atoms with E-state index in [9.17, 15) is 32.4 Å². The summed E-state index contributed by atoms with van der Waals surface area (Å²) in [4.78, 5) is 65.0. The van der Waals surface area contributed by atoms with Gasteiger partial charge in [-0.3, -0.25) is 24.0 Å². The quantitative estimate of drug-likeness (QED) is 0.227. The Morgan fingerprint density at radius 3 is 2.26 bits per heavy atom. The summed E-state index contributed by atoms with van der Waals surface area (Å²) in [6, 6.07) is 2.11. The van der Waals surface area contributed by atoms with Crippen molar-refractivity contribution in [3.63, 3.8) is 0 Å². The lowest BCUT2D eigenvalue weighted by molar-refractivity contribution is -0.141. The van der Waals surface area contributed by atoms with Gasteiger partial charge in [-0.05, 0) is 67.6 Å². The van der Waals surface area contributed by atoms with Crippen molar-refractivity contribution in [3.05, 3.63) is 28.8 Å². The molecule has 13 heteroatoms. The summed E-state index contributed by atoms with van der Waals surface area (Å²) < 4.78 is 23.8. The molecule has 1 saturated heterocycles. The van der Waals surface area contributed by atoms with Crippen LogP contribution in [0.3, 0.4) is 0 Å². The van der Waals surface area contributed by atoms with Gasteiger partial charge in [-0.2, -0.15) is 0 Å². The van der Waals surface area contributed by atoms with Gasteiger partial charge in [-0.25, -0.2) is 8.42 Å². The van der Waals surface area contributed by atoms with Crippen molar-refractivity contribution in [1.82, 2.24) is 21.3 Å². The van der Waals surface area contributed by atoms with E-state index in [-0.39, 0.29) is 47.0 Å². The molecule has 1 aromatic carbocycles. The maximum Gasteiger partial charge on any atom is 0.289 e. The monoisotopic (exact) mass is 638 g/mol. The topological polar surface area (TPSA) is 168 Å². The van der Waals surface area contributed by atoms with Crippen LogP contribution in [0.25, 0.3) is 0 Å². The number of Topliss-reactive ketones (excluding diaryl/α,β-unsaturated/α-hetero) is 1. The average Bonchev–Trinajstić information content (AvgIpc) is 3.63. The van der Waals surface area contributed by atoms with Crippen molar-refractivity contribution in [2.45, 2.75) is 102 Å². The van der Waals surface area contributed by atoms with E-state index >= 15 is 0 Å². The number of rotatable bonds is 14. The molecule has 4 amide bonds. The Kier molecular flexibility index (Phi) is 11.4. The first-order valence-electron chi connectivity index (χ1n) is 14.7. The molecule has 4 N–H and O–H groups in total. The zero-order valence-corrected chi connectivity index (χ0v) is 27.0. The summed E-state index contributed by atoms with van der Waals surface area (Å²) in [5.41, 5.74) is 0.226. The minimum atomic E-state index is -3.46. The number of halogens is 1. The maximum atomic E-state index is 13.6. The van der Waals surface area contributed by atoms with E-state index in [1.54, 1.807) is 6.07 Å².